The van der Waals surface area contributed by atoms with E-state index < -0.39 is 19.2 Å². The van der Waals surface area contributed by atoms with Crippen molar-refractivity contribution < 1.29 is 26.9 Å². The molecule has 0 radical (unpaired) electrons. The SMILES string of the molecule is Cc1ccc(S(=O)(=O)Cl)cc1.O.O=S(=O)(O)Cc1ccccc1. The highest BCUT2D eigenvalue weighted by Gasteiger charge is 2.07. The van der Waals surface area contributed by atoms with Gasteiger partial charge in [0.05, 0.1) is 4.90 Å². The number of rotatable bonds is 3. The highest BCUT2D eigenvalue weighted by molar-refractivity contribution is 8.13. The topological polar surface area (TPSA) is 120 Å². The van der Waals surface area contributed by atoms with Gasteiger partial charge in [0.2, 0.25) is 0 Å². The van der Waals surface area contributed by atoms with E-state index in [1.54, 1.807) is 42.5 Å². The lowest BCUT2D eigenvalue weighted by molar-refractivity contribution is 0.482. The van der Waals surface area contributed by atoms with Crippen LogP contribution in [-0.2, 0) is 24.9 Å². The largest absolute Gasteiger partial charge is 0.412 e. The molecule has 2 rings (SSSR count). The Morgan fingerprint density at radius 1 is 0.913 bits per heavy atom. The first-order valence-corrected chi connectivity index (χ1v) is 10.0. The zero-order chi connectivity index (χ0) is 16.8. The molecule has 0 spiro atoms. The van der Waals surface area contributed by atoms with Crippen molar-refractivity contribution in [3.63, 3.8) is 0 Å². The summed E-state index contributed by atoms with van der Waals surface area (Å²) in [5.41, 5.74) is 1.60. The molecule has 0 aromatic heterocycles. The van der Waals surface area contributed by atoms with Crippen molar-refractivity contribution in [3.05, 3.63) is 65.7 Å². The molecular formula is C14H17ClO6S2. The summed E-state index contributed by atoms with van der Waals surface area (Å²) in [4.78, 5) is 0.143. The fourth-order valence-corrected chi connectivity index (χ4v) is 2.87. The maximum absolute atomic E-state index is 10.7. The molecule has 2 aromatic carbocycles. The van der Waals surface area contributed by atoms with Gasteiger partial charge in [0, 0.05) is 10.7 Å². The Morgan fingerprint density at radius 2 is 1.39 bits per heavy atom. The van der Waals surface area contributed by atoms with Crippen molar-refractivity contribution in [2.24, 2.45) is 0 Å². The smallest absolute Gasteiger partial charge is 0.269 e. The van der Waals surface area contributed by atoms with E-state index in [9.17, 15) is 16.8 Å². The Labute approximate surface area is 140 Å². The molecule has 0 aliphatic heterocycles. The summed E-state index contributed by atoms with van der Waals surface area (Å²) in [6.45, 7) is 1.88. The molecule has 0 unspecified atom stereocenters. The molecule has 0 heterocycles. The Morgan fingerprint density at radius 3 is 1.78 bits per heavy atom. The van der Waals surface area contributed by atoms with Crippen molar-refractivity contribution in [2.75, 3.05) is 0 Å². The predicted octanol–water partition coefficient (Wildman–Crippen LogP) is 2.17. The highest BCUT2D eigenvalue weighted by atomic mass is 35.7. The molecule has 3 N–H and O–H groups in total. The summed E-state index contributed by atoms with van der Waals surface area (Å²) >= 11 is 0. The van der Waals surface area contributed by atoms with Gasteiger partial charge < -0.3 is 5.48 Å². The van der Waals surface area contributed by atoms with Crippen LogP contribution >= 0.6 is 10.7 Å². The van der Waals surface area contributed by atoms with Crippen LogP contribution in [0.15, 0.2) is 59.5 Å². The van der Waals surface area contributed by atoms with Crippen molar-refractivity contribution in [1.82, 2.24) is 0 Å². The number of aryl methyl sites for hydroxylation is 1. The fraction of sp³-hybridized carbons (Fsp3) is 0.143. The molecule has 0 fully saturated rings. The number of benzene rings is 2. The van der Waals surface area contributed by atoms with E-state index in [2.05, 4.69) is 0 Å². The molecule has 6 nitrogen and oxygen atoms in total. The molecule has 23 heavy (non-hydrogen) atoms. The first kappa shape index (κ1) is 21.6. The molecule has 2 aromatic rings. The minimum atomic E-state index is -3.88. The van der Waals surface area contributed by atoms with Crippen LogP contribution < -0.4 is 0 Å². The minimum absolute atomic E-state index is 0. The summed E-state index contributed by atoms with van der Waals surface area (Å²) < 4.78 is 50.6. The number of halogens is 1. The Balaban J connectivity index is 0.000000403. The average Bonchev–Trinajstić information content (AvgIpc) is 2.38. The van der Waals surface area contributed by atoms with Crippen LogP contribution in [-0.4, -0.2) is 26.9 Å². The van der Waals surface area contributed by atoms with E-state index >= 15 is 0 Å². The summed E-state index contributed by atoms with van der Waals surface area (Å²) in [7, 11) is -2.34. The third kappa shape index (κ3) is 9.32. The van der Waals surface area contributed by atoms with Gasteiger partial charge in [0.25, 0.3) is 19.2 Å². The molecular weight excluding hydrogens is 364 g/mol. The summed E-state index contributed by atoms with van der Waals surface area (Å²) in [6.07, 6.45) is 0. The Bertz CT molecular complexity index is 800. The van der Waals surface area contributed by atoms with Gasteiger partial charge in [-0.3, -0.25) is 4.55 Å². The molecule has 0 aliphatic rings. The second-order valence-corrected chi connectivity index (χ2v) is 8.48. The first-order valence-electron chi connectivity index (χ1n) is 6.08. The summed E-state index contributed by atoms with van der Waals surface area (Å²) in [5, 5.41) is 0. The Kier molecular flexibility index (Phi) is 8.43. The summed E-state index contributed by atoms with van der Waals surface area (Å²) in [6, 6.07) is 14.9. The molecule has 0 saturated heterocycles. The van der Waals surface area contributed by atoms with E-state index in [0.29, 0.717) is 5.56 Å². The van der Waals surface area contributed by atoms with E-state index in [4.69, 9.17) is 15.2 Å². The number of hydrogen-bond donors (Lipinski definition) is 1. The van der Waals surface area contributed by atoms with E-state index in [1.165, 1.54) is 12.1 Å². The highest BCUT2D eigenvalue weighted by Crippen LogP contribution is 2.14. The van der Waals surface area contributed by atoms with Gasteiger partial charge in [-0.2, -0.15) is 8.42 Å². The van der Waals surface area contributed by atoms with Crippen LogP contribution in [0.1, 0.15) is 11.1 Å². The van der Waals surface area contributed by atoms with E-state index in [-0.39, 0.29) is 16.1 Å². The third-order valence-corrected chi connectivity index (χ3v) is 4.56. The second kappa shape index (κ2) is 8.99. The first-order chi connectivity index (χ1) is 10.1. The molecule has 0 saturated carbocycles. The van der Waals surface area contributed by atoms with Crippen molar-refractivity contribution in [1.29, 1.82) is 0 Å². The molecule has 9 heteroatoms. The lowest BCUT2D eigenvalue weighted by atomic mass is 10.2. The zero-order valence-electron chi connectivity index (χ0n) is 12.2. The fourth-order valence-electron chi connectivity index (χ4n) is 1.49. The van der Waals surface area contributed by atoms with Gasteiger partial charge in [-0.15, -0.1) is 0 Å². The zero-order valence-corrected chi connectivity index (χ0v) is 14.6. The maximum atomic E-state index is 10.7. The molecule has 128 valence electrons. The van der Waals surface area contributed by atoms with Crippen LogP contribution in [0.2, 0.25) is 0 Å². The van der Waals surface area contributed by atoms with Crippen LogP contribution in [0, 0.1) is 6.92 Å². The quantitative estimate of drug-likeness (QED) is 0.646. The van der Waals surface area contributed by atoms with Gasteiger partial charge in [-0.25, -0.2) is 8.42 Å². The van der Waals surface area contributed by atoms with Gasteiger partial charge in [0.1, 0.15) is 5.75 Å². The molecule has 0 atom stereocenters. The summed E-state index contributed by atoms with van der Waals surface area (Å²) in [5.74, 6) is -0.312. The molecule has 0 aliphatic carbocycles. The van der Waals surface area contributed by atoms with Crippen molar-refractivity contribution in [3.8, 4) is 0 Å². The van der Waals surface area contributed by atoms with E-state index in [1.807, 2.05) is 6.92 Å². The molecule has 0 amide bonds. The van der Waals surface area contributed by atoms with Crippen LogP contribution in [0.3, 0.4) is 0 Å². The lowest BCUT2D eigenvalue weighted by Crippen LogP contribution is -2.00. The van der Waals surface area contributed by atoms with Gasteiger partial charge in [-0.1, -0.05) is 48.0 Å². The van der Waals surface area contributed by atoms with Crippen LogP contribution in [0.4, 0.5) is 0 Å². The minimum Gasteiger partial charge on any atom is -0.412 e. The molecule has 0 bridgehead atoms. The van der Waals surface area contributed by atoms with Crippen LogP contribution in [0.5, 0.6) is 0 Å². The van der Waals surface area contributed by atoms with Crippen molar-refractivity contribution >= 4 is 29.9 Å². The lowest BCUT2D eigenvalue weighted by Gasteiger charge is -1.95. The predicted molar refractivity (Wildman–Crippen MR) is 89.5 cm³/mol. The Hall–Kier alpha value is -1.45. The van der Waals surface area contributed by atoms with Gasteiger partial charge >= 0.3 is 0 Å². The average molecular weight is 381 g/mol. The van der Waals surface area contributed by atoms with Crippen LogP contribution in [0.25, 0.3) is 0 Å². The number of hydrogen-bond acceptors (Lipinski definition) is 4. The standard InChI is InChI=1S/C7H7ClO2S.C7H8O3S.H2O/c1-6-2-4-7(5-3-6)11(8,9)10;8-11(9,10)6-7-4-2-1-3-5-7;/h2-5H,1H3;1-5H,6H2,(H,8,9,10);1H2. The van der Waals surface area contributed by atoms with E-state index in [0.717, 1.165) is 5.56 Å². The normalized spacial score (nSPS) is 10.9. The monoisotopic (exact) mass is 380 g/mol. The second-order valence-electron chi connectivity index (χ2n) is 4.46. The van der Waals surface area contributed by atoms with Gasteiger partial charge in [-0.05, 0) is 24.6 Å². The van der Waals surface area contributed by atoms with Gasteiger partial charge in [0.15, 0.2) is 0 Å². The maximum Gasteiger partial charge on any atom is 0.269 e. The third-order valence-electron chi connectivity index (χ3n) is 2.49. The van der Waals surface area contributed by atoms with Crippen molar-refractivity contribution in [2.45, 2.75) is 17.6 Å².